The van der Waals surface area contributed by atoms with Gasteiger partial charge >= 0.3 is 0 Å². The van der Waals surface area contributed by atoms with E-state index in [4.69, 9.17) is 5.14 Å². The van der Waals surface area contributed by atoms with Crippen molar-refractivity contribution in [1.82, 2.24) is 14.9 Å². The Labute approximate surface area is 129 Å². The van der Waals surface area contributed by atoms with E-state index in [2.05, 4.69) is 10.3 Å². The average Bonchev–Trinajstić information content (AvgIpc) is 2.78. The largest absolute Gasteiger partial charge is 0.350 e. The number of benzene rings is 1. The highest BCUT2D eigenvalue weighted by molar-refractivity contribution is 7.89. The average molecular weight is 322 g/mol. The number of amides is 1. The summed E-state index contributed by atoms with van der Waals surface area (Å²) in [6.45, 7) is 4.97. The smallest absolute Gasteiger partial charge is 0.251 e. The Morgan fingerprint density at radius 1 is 1.27 bits per heavy atom. The van der Waals surface area contributed by atoms with Crippen molar-refractivity contribution in [1.29, 1.82) is 0 Å². The number of imidazole rings is 1. The van der Waals surface area contributed by atoms with Crippen LogP contribution in [0.5, 0.6) is 0 Å². The standard InChI is InChI=1S/C14H18N4O3S/c1-10-11(2)18(9-17-10)8-7-16-14(19)12-3-5-13(6-4-12)22(15,20)21/h3-6,9H,7-8H2,1-2H3,(H,16,19)(H2,15,20,21). The first-order valence-corrected chi connectivity index (χ1v) is 8.23. The number of nitrogens with zero attached hydrogens (tertiary/aromatic N) is 2. The number of aryl methyl sites for hydroxylation is 1. The second kappa shape index (κ2) is 6.29. The molecule has 1 heterocycles. The molecular weight excluding hydrogens is 304 g/mol. The highest BCUT2D eigenvalue weighted by atomic mass is 32.2. The Morgan fingerprint density at radius 2 is 1.91 bits per heavy atom. The molecule has 0 aliphatic carbocycles. The normalized spacial score (nSPS) is 11.4. The van der Waals surface area contributed by atoms with Crippen LogP contribution in [0.25, 0.3) is 0 Å². The molecule has 0 saturated carbocycles. The SMILES string of the molecule is Cc1ncn(CCNC(=O)c2ccc(S(N)(=O)=O)cc2)c1C. The van der Waals surface area contributed by atoms with Gasteiger partial charge in [-0.1, -0.05) is 0 Å². The van der Waals surface area contributed by atoms with Gasteiger partial charge in [0.15, 0.2) is 0 Å². The zero-order valence-corrected chi connectivity index (χ0v) is 13.2. The number of hydrogen-bond acceptors (Lipinski definition) is 4. The maximum absolute atomic E-state index is 12.0. The molecule has 0 saturated heterocycles. The summed E-state index contributed by atoms with van der Waals surface area (Å²) in [4.78, 5) is 16.1. The number of nitrogens with two attached hydrogens (primary N) is 1. The van der Waals surface area contributed by atoms with Gasteiger partial charge in [-0.25, -0.2) is 18.5 Å². The molecular formula is C14H18N4O3S. The second-order valence-corrected chi connectivity index (χ2v) is 6.50. The molecule has 8 heteroatoms. The number of carbonyl (C=O) groups excluding carboxylic acids is 1. The molecule has 0 bridgehead atoms. The van der Waals surface area contributed by atoms with E-state index in [1.807, 2.05) is 18.4 Å². The molecule has 1 aromatic heterocycles. The summed E-state index contributed by atoms with van der Waals surface area (Å²) < 4.78 is 24.2. The minimum atomic E-state index is -3.74. The van der Waals surface area contributed by atoms with E-state index < -0.39 is 10.0 Å². The van der Waals surface area contributed by atoms with Gasteiger partial charge in [0.25, 0.3) is 5.91 Å². The summed E-state index contributed by atoms with van der Waals surface area (Å²) in [7, 11) is -3.74. The van der Waals surface area contributed by atoms with Crippen molar-refractivity contribution >= 4 is 15.9 Å². The highest BCUT2D eigenvalue weighted by Crippen LogP contribution is 2.08. The lowest BCUT2D eigenvalue weighted by Crippen LogP contribution is -2.27. The van der Waals surface area contributed by atoms with Crippen LogP contribution in [-0.4, -0.2) is 30.4 Å². The molecule has 118 valence electrons. The molecule has 2 rings (SSSR count). The zero-order chi connectivity index (χ0) is 16.3. The number of hydrogen-bond donors (Lipinski definition) is 2. The van der Waals surface area contributed by atoms with Crippen LogP contribution >= 0.6 is 0 Å². The molecule has 22 heavy (non-hydrogen) atoms. The third-order valence-electron chi connectivity index (χ3n) is 3.43. The van der Waals surface area contributed by atoms with Crippen LogP contribution < -0.4 is 10.5 Å². The molecule has 0 radical (unpaired) electrons. The van der Waals surface area contributed by atoms with Crippen LogP contribution in [0.1, 0.15) is 21.7 Å². The third-order valence-corrected chi connectivity index (χ3v) is 4.36. The summed E-state index contributed by atoms with van der Waals surface area (Å²) in [6.07, 6.45) is 1.73. The minimum Gasteiger partial charge on any atom is -0.350 e. The van der Waals surface area contributed by atoms with Crippen molar-refractivity contribution in [2.24, 2.45) is 5.14 Å². The Morgan fingerprint density at radius 3 is 2.41 bits per heavy atom. The van der Waals surface area contributed by atoms with Crippen LogP contribution in [-0.2, 0) is 16.6 Å². The number of sulfonamides is 1. The van der Waals surface area contributed by atoms with E-state index in [9.17, 15) is 13.2 Å². The van der Waals surface area contributed by atoms with Gasteiger partial charge in [-0.2, -0.15) is 0 Å². The van der Waals surface area contributed by atoms with Crippen LogP contribution in [0.3, 0.4) is 0 Å². The fourth-order valence-electron chi connectivity index (χ4n) is 1.96. The van der Waals surface area contributed by atoms with E-state index in [-0.39, 0.29) is 10.8 Å². The van der Waals surface area contributed by atoms with Crippen LogP contribution in [0, 0.1) is 13.8 Å². The number of carbonyl (C=O) groups is 1. The molecule has 0 unspecified atom stereocenters. The fraction of sp³-hybridized carbons (Fsp3) is 0.286. The quantitative estimate of drug-likeness (QED) is 0.839. The van der Waals surface area contributed by atoms with E-state index in [1.54, 1.807) is 6.33 Å². The lowest BCUT2D eigenvalue weighted by molar-refractivity contribution is 0.0952. The van der Waals surface area contributed by atoms with Crippen molar-refractivity contribution < 1.29 is 13.2 Å². The predicted octanol–water partition coefficient (Wildman–Crippen LogP) is 0.577. The summed E-state index contributed by atoms with van der Waals surface area (Å²) in [5.41, 5.74) is 2.41. The predicted molar refractivity (Wildman–Crippen MR) is 81.8 cm³/mol. The fourth-order valence-corrected chi connectivity index (χ4v) is 2.47. The first-order chi connectivity index (χ1) is 10.3. The second-order valence-electron chi connectivity index (χ2n) is 4.93. The van der Waals surface area contributed by atoms with Crippen molar-refractivity contribution in [3.05, 3.63) is 47.5 Å². The Hall–Kier alpha value is -2.19. The number of rotatable bonds is 5. The molecule has 1 amide bonds. The van der Waals surface area contributed by atoms with Crippen molar-refractivity contribution in [2.45, 2.75) is 25.3 Å². The molecule has 0 atom stereocenters. The van der Waals surface area contributed by atoms with Crippen molar-refractivity contribution in [3.8, 4) is 0 Å². The van der Waals surface area contributed by atoms with Crippen LogP contribution in [0.15, 0.2) is 35.5 Å². The summed E-state index contributed by atoms with van der Waals surface area (Å²) in [6, 6.07) is 5.49. The first-order valence-electron chi connectivity index (χ1n) is 6.68. The maximum atomic E-state index is 12.0. The molecule has 0 fully saturated rings. The van der Waals surface area contributed by atoms with E-state index >= 15 is 0 Å². The maximum Gasteiger partial charge on any atom is 0.251 e. The van der Waals surface area contributed by atoms with Gasteiger partial charge in [0.05, 0.1) is 16.9 Å². The zero-order valence-electron chi connectivity index (χ0n) is 12.4. The number of nitrogens with one attached hydrogen (secondary N) is 1. The van der Waals surface area contributed by atoms with Crippen molar-refractivity contribution in [2.75, 3.05) is 6.54 Å². The minimum absolute atomic E-state index is 0.0198. The van der Waals surface area contributed by atoms with Gasteiger partial charge in [-0.15, -0.1) is 0 Å². The Balaban J connectivity index is 1.94. The highest BCUT2D eigenvalue weighted by Gasteiger charge is 2.10. The molecule has 3 N–H and O–H groups in total. The van der Waals surface area contributed by atoms with Gasteiger partial charge in [0.2, 0.25) is 10.0 Å². The molecule has 1 aromatic carbocycles. The molecule has 2 aromatic rings. The van der Waals surface area contributed by atoms with Gasteiger partial charge < -0.3 is 9.88 Å². The van der Waals surface area contributed by atoms with Gasteiger partial charge in [-0.3, -0.25) is 4.79 Å². The summed E-state index contributed by atoms with van der Waals surface area (Å²) >= 11 is 0. The van der Waals surface area contributed by atoms with Gasteiger partial charge in [-0.05, 0) is 38.1 Å². The van der Waals surface area contributed by atoms with Crippen LogP contribution in [0.2, 0.25) is 0 Å². The van der Waals surface area contributed by atoms with Crippen molar-refractivity contribution in [3.63, 3.8) is 0 Å². The molecule has 0 aliphatic rings. The van der Waals surface area contributed by atoms with Gasteiger partial charge in [0.1, 0.15) is 0 Å². The Bertz CT molecular complexity index is 779. The van der Waals surface area contributed by atoms with E-state index in [1.165, 1.54) is 24.3 Å². The summed E-state index contributed by atoms with van der Waals surface area (Å²) in [5.74, 6) is -0.268. The number of aromatic nitrogens is 2. The third kappa shape index (κ3) is 3.71. The first kappa shape index (κ1) is 16.2. The van der Waals surface area contributed by atoms with E-state index in [0.29, 0.717) is 18.7 Å². The summed E-state index contributed by atoms with van der Waals surface area (Å²) in [5, 5.41) is 7.78. The molecule has 0 spiro atoms. The van der Waals surface area contributed by atoms with Gasteiger partial charge in [0, 0.05) is 24.3 Å². The topological polar surface area (TPSA) is 107 Å². The monoisotopic (exact) mass is 322 g/mol. The molecule has 0 aliphatic heterocycles. The number of primary sulfonamides is 1. The van der Waals surface area contributed by atoms with E-state index in [0.717, 1.165) is 11.4 Å². The molecule has 7 nitrogen and oxygen atoms in total. The van der Waals surface area contributed by atoms with Crippen LogP contribution in [0.4, 0.5) is 0 Å². The lowest BCUT2D eigenvalue weighted by Gasteiger charge is -2.08. The lowest BCUT2D eigenvalue weighted by atomic mass is 10.2. The Kier molecular flexibility index (Phi) is 4.62.